The summed E-state index contributed by atoms with van der Waals surface area (Å²) in [6.45, 7) is 6.17. The number of carbonyl (C=O) groups excluding carboxylic acids is 1. The molecule has 0 heterocycles. The van der Waals surface area contributed by atoms with E-state index in [-0.39, 0.29) is 29.5 Å². The highest BCUT2D eigenvalue weighted by atomic mass is 79.9. The van der Waals surface area contributed by atoms with E-state index in [1.54, 1.807) is 0 Å². The van der Waals surface area contributed by atoms with E-state index in [4.69, 9.17) is 5.73 Å². The van der Waals surface area contributed by atoms with Crippen LogP contribution >= 0.6 is 15.9 Å². The maximum atomic E-state index is 12.0. The maximum absolute atomic E-state index is 12.0. The van der Waals surface area contributed by atoms with Crippen LogP contribution in [0.15, 0.2) is 22.7 Å². The first-order valence-electron chi connectivity index (χ1n) is 6.58. The average Bonchev–Trinajstić information content (AvgIpc) is 2.28. The first-order chi connectivity index (χ1) is 9.58. The van der Waals surface area contributed by atoms with E-state index in [9.17, 15) is 14.9 Å². The molecule has 0 bridgehead atoms. The van der Waals surface area contributed by atoms with Gasteiger partial charge in [-0.1, -0.05) is 20.8 Å². The Morgan fingerprint density at radius 1 is 1.48 bits per heavy atom. The molecule has 116 valence electrons. The Morgan fingerprint density at radius 3 is 2.62 bits per heavy atom. The van der Waals surface area contributed by atoms with E-state index in [2.05, 4.69) is 42.0 Å². The van der Waals surface area contributed by atoms with Gasteiger partial charge in [0.05, 0.1) is 10.6 Å². The fourth-order valence-electron chi connectivity index (χ4n) is 2.02. The number of rotatable bonds is 5. The van der Waals surface area contributed by atoms with Crippen LogP contribution in [0.3, 0.4) is 0 Å². The Labute approximate surface area is 132 Å². The zero-order valence-corrected chi connectivity index (χ0v) is 13.9. The normalized spacial score (nSPS) is 12.8. The fourth-order valence-corrected chi connectivity index (χ4v) is 2.37. The molecule has 6 nitrogen and oxygen atoms in total. The molecule has 0 spiro atoms. The summed E-state index contributed by atoms with van der Waals surface area (Å²) in [4.78, 5) is 22.2. The van der Waals surface area contributed by atoms with E-state index in [1.165, 1.54) is 18.2 Å². The number of amides is 1. The highest BCUT2D eigenvalue weighted by Gasteiger charge is 2.19. The second-order valence-corrected chi connectivity index (χ2v) is 7.05. The summed E-state index contributed by atoms with van der Waals surface area (Å²) in [6, 6.07) is 3.97. The van der Waals surface area contributed by atoms with Crippen LogP contribution in [-0.2, 0) is 4.79 Å². The lowest BCUT2D eigenvalue weighted by molar-refractivity contribution is -0.384. The molecule has 1 unspecified atom stereocenters. The van der Waals surface area contributed by atoms with E-state index in [0.717, 1.165) is 6.42 Å². The molecule has 0 saturated carbocycles. The molecule has 1 aromatic rings. The van der Waals surface area contributed by atoms with Crippen molar-refractivity contribution in [2.75, 3.05) is 5.32 Å². The van der Waals surface area contributed by atoms with Crippen LogP contribution in [0.25, 0.3) is 0 Å². The van der Waals surface area contributed by atoms with Crippen molar-refractivity contribution in [1.29, 1.82) is 0 Å². The third kappa shape index (κ3) is 6.22. The molecule has 0 aliphatic carbocycles. The number of nitro benzene ring substituents is 1. The minimum absolute atomic E-state index is 0.0474. The largest absolute Gasteiger partial charge is 0.327 e. The van der Waals surface area contributed by atoms with Crippen LogP contribution in [0.5, 0.6) is 0 Å². The number of non-ortho nitro benzene ring substituents is 1. The smallest absolute Gasteiger partial charge is 0.271 e. The Balaban J connectivity index is 2.71. The van der Waals surface area contributed by atoms with Crippen LogP contribution in [0.4, 0.5) is 11.4 Å². The van der Waals surface area contributed by atoms with Gasteiger partial charge in [-0.15, -0.1) is 0 Å². The van der Waals surface area contributed by atoms with Crippen molar-refractivity contribution in [3.8, 4) is 0 Å². The molecule has 21 heavy (non-hydrogen) atoms. The molecule has 0 fully saturated rings. The second-order valence-electron chi connectivity index (χ2n) is 6.20. The van der Waals surface area contributed by atoms with Crippen molar-refractivity contribution in [2.24, 2.45) is 11.1 Å². The van der Waals surface area contributed by atoms with E-state index in [1.807, 2.05) is 0 Å². The topological polar surface area (TPSA) is 98.3 Å². The Morgan fingerprint density at radius 2 is 2.10 bits per heavy atom. The van der Waals surface area contributed by atoms with Gasteiger partial charge in [-0.05, 0) is 33.8 Å². The second kappa shape index (κ2) is 7.00. The van der Waals surface area contributed by atoms with E-state index in [0.29, 0.717) is 10.2 Å². The van der Waals surface area contributed by atoms with Crippen LogP contribution in [-0.4, -0.2) is 16.9 Å². The first kappa shape index (κ1) is 17.6. The van der Waals surface area contributed by atoms with Gasteiger partial charge < -0.3 is 11.1 Å². The third-order valence-corrected chi connectivity index (χ3v) is 3.45. The summed E-state index contributed by atoms with van der Waals surface area (Å²) in [5, 5.41) is 13.4. The Kier molecular flexibility index (Phi) is 5.86. The van der Waals surface area contributed by atoms with Crippen LogP contribution in [0, 0.1) is 15.5 Å². The third-order valence-electron chi connectivity index (χ3n) is 2.76. The summed E-state index contributed by atoms with van der Waals surface area (Å²) in [5.41, 5.74) is 6.29. The van der Waals surface area contributed by atoms with Gasteiger partial charge in [0.1, 0.15) is 0 Å². The van der Waals surface area contributed by atoms with Crippen molar-refractivity contribution in [3.63, 3.8) is 0 Å². The van der Waals surface area contributed by atoms with Crippen molar-refractivity contribution >= 4 is 33.2 Å². The highest BCUT2D eigenvalue weighted by molar-refractivity contribution is 9.10. The molecule has 0 aliphatic heterocycles. The number of benzene rings is 1. The van der Waals surface area contributed by atoms with Gasteiger partial charge in [0.2, 0.25) is 5.91 Å². The first-order valence-corrected chi connectivity index (χ1v) is 7.37. The van der Waals surface area contributed by atoms with Gasteiger partial charge in [-0.25, -0.2) is 0 Å². The number of nitrogens with two attached hydrogens (primary N) is 1. The summed E-state index contributed by atoms with van der Waals surface area (Å²) < 4.78 is 0.589. The molecule has 1 rings (SSSR count). The minimum atomic E-state index is -0.507. The highest BCUT2D eigenvalue weighted by Crippen LogP contribution is 2.27. The van der Waals surface area contributed by atoms with Crippen molar-refractivity contribution in [1.82, 2.24) is 0 Å². The van der Waals surface area contributed by atoms with Crippen molar-refractivity contribution in [3.05, 3.63) is 32.8 Å². The Bertz CT molecular complexity index is 541. The van der Waals surface area contributed by atoms with E-state index < -0.39 is 4.92 Å². The number of hydrogen-bond acceptors (Lipinski definition) is 4. The monoisotopic (exact) mass is 357 g/mol. The van der Waals surface area contributed by atoms with Gasteiger partial charge in [0, 0.05) is 29.1 Å². The number of nitrogens with one attached hydrogen (secondary N) is 1. The quantitative estimate of drug-likeness (QED) is 0.622. The van der Waals surface area contributed by atoms with E-state index >= 15 is 0 Å². The predicted molar refractivity (Wildman–Crippen MR) is 86.1 cm³/mol. The summed E-state index contributed by atoms with van der Waals surface area (Å²) in [7, 11) is 0. The zero-order valence-electron chi connectivity index (χ0n) is 12.4. The SMILES string of the molecule is CC(C)(C)CC(N)CC(=O)Nc1cc([N+](=O)[O-])ccc1Br. The number of carbonyl (C=O) groups is 1. The molecule has 0 radical (unpaired) electrons. The van der Waals surface area contributed by atoms with Crippen LogP contribution in [0.1, 0.15) is 33.6 Å². The molecular weight excluding hydrogens is 338 g/mol. The Hall–Kier alpha value is -1.47. The van der Waals surface area contributed by atoms with Gasteiger partial charge in [-0.3, -0.25) is 14.9 Å². The van der Waals surface area contributed by atoms with Gasteiger partial charge in [0.15, 0.2) is 0 Å². The number of nitro groups is 1. The molecule has 1 atom stereocenters. The summed E-state index contributed by atoms with van der Waals surface area (Å²) >= 11 is 3.25. The van der Waals surface area contributed by atoms with Crippen molar-refractivity contribution in [2.45, 2.75) is 39.7 Å². The molecule has 0 aliphatic rings. The minimum Gasteiger partial charge on any atom is -0.327 e. The lowest BCUT2D eigenvalue weighted by Gasteiger charge is -2.22. The lowest BCUT2D eigenvalue weighted by atomic mass is 9.87. The number of halogens is 1. The van der Waals surface area contributed by atoms with Crippen molar-refractivity contribution < 1.29 is 9.72 Å². The standard InChI is InChI=1S/C14H20BrN3O3/c1-14(2,3)8-9(16)6-13(19)17-12-7-10(18(20)21)4-5-11(12)15/h4-5,7,9H,6,8,16H2,1-3H3,(H,17,19). The summed E-state index contributed by atoms with van der Waals surface area (Å²) in [5.74, 6) is -0.257. The van der Waals surface area contributed by atoms with Crippen LogP contribution in [0.2, 0.25) is 0 Å². The fraction of sp³-hybridized carbons (Fsp3) is 0.500. The molecule has 1 amide bonds. The molecule has 7 heteroatoms. The number of anilines is 1. The lowest BCUT2D eigenvalue weighted by Crippen LogP contribution is -2.31. The molecule has 1 aromatic carbocycles. The number of hydrogen-bond donors (Lipinski definition) is 2. The zero-order chi connectivity index (χ0) is 16.2. The van der Waals surface area contributed by atoms with Crippen LogP contribution < -0.4 is 11.1 Å². The summed E-state index contributed by atoms with van der Waals surface area (Å²) in [6.07, 6.45) is 0.892. The molecule has 0 saturated heterocycles. The molecule has 0 aromatic heterocycles. The van der Waals surface area contributed by atoms with Gasteiger partial charge >= 0.3 is 0 Å². The maximum Gasteiger partial charge on any atom is 0.271 e. The predicted octanol–water partition coefficient (Wildman–Crippen LogP) is 3.45. The van der Waals surface area contributed by atoms with Gasteiger partial charge in [-0.2, -0.15) is 0 Å². The molecule has 3 N–H and O–H groups in total. The average molecular weight is 358 g/mol. The molecular formula is C14H20BrN3O3. The number of nitrogens with zero attached hydrogens (tertiary/aromatic N) is 1. The van der Waals surface area contributed by atoms with Gasteiger partial charge in [0.25, 0.3) is 5.69 Å².